The number of guanidine groups is 1. The Balaban J connectivity index is 0.00000450. The van der Waals surface area contributed by atoms with Gasteiger partial charge in [-0.2, -0.15) is 0 Å². The predicted molar refractivity (Wildman–Crippen MR) is 137 cm³/mol. The number of benzene rings is 1. The summed E-state index contributed by atoms with van der Waals surface area (Å²) in [5.41, 5.74) is 1.84. The highest BCUT2D eigenvalue weighted by Crippen LogP contribution is 2.18. The molecule has 170 valence electrons. The van der Waals surface area contributed by atoms with Crippen LogP contribution in [0.25, 0.3) is 0 Å². The van der Waals surface area contributed by atoms with Crippen molar-refractivity contribution in [2.24, 2.45) is 10.9 Å². The molecule has 1 atom stereocenters. The molecule has 1 unspecified atom stereocenters. The van der Waals surface area contributed by atoms with E-state index in [2.05, 4.69) is 47.7 Å². The second-order valence-electron chi connectivity index (χ2n) is 8.20. The van der Waals surface area contributed by atoms with E-state index in [4.69, 9.17) is 4.99 Å². The van der Waals surface area contributed by atoms with Crippen molar-refractivity contribution in [3.05, 3.63) is 35.4 Å². The average Bonchev–Trinajstić information content (AvgIpc) is 3.25. The largest absolute Gasteiger partial charge is 0.357 e. The van der Waals surface area contributed by atoms with E-state index in [-0.39, 0.29) is 29.9 Å². The molecule has 0 bridgehead atoms. The maximum Gasteiger partial charge on any atom is 0.251 e. The summed E-state index contributed by atoms with van der Waals surface area (Å²) >= 11 is 0. The molecule has 2 rings (SSSR count). The van der Waals surface area contributed by atoms with Gasteiger partial charge >= 0.3 is 0 Å². The topological polar surface area (TPSA) is 68.8 Å². The van der Waals surface area contributed by atoms with E-state index in [1.165, 1.54) is 32.4 Å². The molecule has 3 N–H and O–H groups in total. The van der Waals surface area contributed by atoms with E-state index in [1.54, 1.807) is 7.05 Å². The Morgan fingerprint density at radius 3 is 2.57 bits per heavy atom. The highest BCUT2D eigenvalue weighted by atomic mass is 127. The number of hydrogen-bond donors (Lipinski definition) is 3. The monoisotopic (exact) mass is 529 g/mol. The second kappa shape index (κ2) is 14.6. The predicted octanol–water partition coefficient (Wildman–Crippen LogP) is 3.27. The van der Waals surface area contributed by atoms with E-state index in [1.807, 2.05) is 18.2 Å². The third-order valence-electron chi connectivity index (χ3n) is 5.33. The maximum atomic E-state index is 11.8. The molecule has 6 nitrogen and oxygen atoms in total. The number of carbonyl (C=O) groups is 1. The standard InChI is InChI=1S/C23H39N5O.HI/c1-5-25-23(27-17-21(15-18(2)3)28-13-6-7-14-28)26-12-11-19-9-8-10-20(16-19)22(29)24-4;/h8-10,16,18,21H,5-7,11-15,17H2,1-4H3,(H,24,29)(H2,25,26,27);1H. The minimum absolute atomic E-state index is 0. The van der Waals surface area contributed by atoms with Gasteiger partial charge in [-0.05, 0) is 69.3 Å². The van der Waals surface area contributed by atoms with Crippen LogP contribution in [-0.4, -0.2) is 62.6 Å². The molecule has 1 heterocycles. The van der Waals surface area contributed by atoms with Crippen molar-refractivity contribution < 1.29 is 4.79 Å². The fraction of sp³-hybridized carbons (Fsp3) is 0.652. The molecular formula is C23H40IN5O. The van der Waals surface area contributed by atoms with Crippen LogP contribution in [0.4, 0.5) is 0 Å². The molecule has 1 aliphatic heterocycles. The molecule has 0 saturated carbocycles. The van der Waals surface area contributed by atoms with Crippen LogP contribution in [-0.2, 0) is 6.42 Å². The van der Waals surface area contributed by atoms with Gasteiger partial charge in [0.05, 0.1) is 6.54 Å². The van der Waals surface area contributed by atoms with E-state index in [0.717, 1.165) is 37.6 Å². The molecule has 1 aromatic rings. The van der Waals surface area contributed by atoms with Crippen LogP contribution >= 0.6 is 24.0 Å². The van der Waals surface area contributed by atoms with Gasteiger partial charge in [0.15, 0.2) is 5.96 Å². The minimum Gasteiger partial charge on any atom is -0.357 e. The van der Waals surface area contributed by atoms with Crippen LogP contribution in [0.1, 0.15) is 56.0 Å². The van der Waals surface area contributed by atoms with Crippen molar-refractivity contribution in [2.75, 3.05) is 39.8 Å². The number of aliphatic imine (C=N–C) groups is 1. The summed E-state index contributed by atoms with van der Waals surface area (Å²) < 4.78 is 0. The Hall–Kier alpha value is -1.35. The SMILES string of the molecule is CCNC(=NCC(CC(C)C)N1CCCC1)NCCc1cccc(C(=O)NC)c1.I. The van der Waals surface area contributed by atoms with Crippen LogP contribution in [0.3, 0.4) is 0 Å². The van der Waals surface area contributed by atoms with Crippen LogP contribution in [0.2, 0.25) is 0 Å². The average molecular weight is 530 g/mol. The molecule has 0 radical (unpaired) electrons. The number of rotatable bonds is 10. The fourth-order valence-electron chi connectivity index (χ4n) is 3.87. The van der Waals surface area contributed by atoms with Gasteiger partial charge in [-0.15, -0.1) is 24.0 Å². The number of nitrogens with zero attached hydrogens (tertiary/aromatic N) is 2. The van der Waals surface area contributed by atoms with Gasteiger partial charge in [0.25, 0.3) is 5.91 Å². The second-order valence-corrected chi connectivity index (χ2v) is 8.20. The normalized spacial score (nSPS) is 15.6. The zero-order chi connectivity index (χ0) is 21.1. The molecule has 0 spiro atoms. The molecule has 1 aliphatic rings. The zero-order valence-electron chi connectivity index (χ0n) is 19.0. The van der Waals surface area contributed by atoms with Gasteiger partial charge in [0.2, 0.25) is 0 Å². The molecular weight excluding hydrogens is 489 g/mol. The highest BCUT2D eigenvalue weighted by Gasteiger charge is 2.22. The van der Waals surface area contributed by atoms with Crippen molar-refractivity contribution in [3.8, 4) is 0 Å². The van der Waals surface area contributed by atoms with Crippen molar-refractivity contribution in [3.63, 3.8) is 0 Å². The van der Waals surface area contributed by atoms with Crippen LogP contribution < -0.4 is 16.0 Å². The summed E-state index contributed by atoms with van der Waals surface area (Å²) in [6.07, 6.45) is 4.66. The summed E-state index contributed by atoms with van der Waals surface area (Å²) in [5, 5.41) is 9.49. The Morgan fingerprint density at radius 2 is 1.93 bits per heavy atom. The summed E-state index contributed by atoms with van der Waals surface area (Å²) in [5.74, 6) is 1.51. The van der Waals surface area contributed by atoms with E-state index < -0.39 is 0 Å². The summed E-state index contributed by atoms with van der Waals surface area (Å²) in [6, 6.07) is 8.32. The first-order valence-corrected chi connectivity index (χ1v) is 11.1. The third-order valence-corrected chi connectivity index (χ3v) is 5.33. The summed E-state index contributed by atoms with van der Waals surface area (Å²) in [6.45, 7) is 11.6. The molecule has 0 aliphatic carbocycles. The fourth-order valence-corrected chi connectivity index (χ4v) is 3.87. The first-order chi connectivity index (χ1) is 14.0. The van der Waals surface area contributed by atoms with Crippen molar-refractivity contribution in [1.29, 1.82) is 0 Å². The lowest BCUT2D eigenvalue weighted by Gasteiger charge is -2.28. The van der Waals surface area contributed by atoms with Gasteiger partial charge in [-0.25, -0.2) is 0 Å². The summed E-state index contributed by atoms with van der Waals surface area (Å²) in [7, 11) is 1.66. The lowest BCUT2D eigenvalue weighted by molar-refractivity contribution is 0.0963. The highest BCUT2D eigenvalue weighted by molar-refractivity contribution is 14.0. The van der Waals surface area contributed by atoms with Gasteiger partial charge in [0.1, 0.15) is 0 Å². The molecule has 1 amide bonds. The molecule has 1 fully saturated rings. The smallest absolute Gasteiger partial charge is 0.251 e. The molecule has 30 heavy (non-hydrogen) atoms. The lowest BCUT2D eigenvalue weighted by Crippen LogP contribution is -2.41. The number of likely N-dealkylation sites (tertiary alicyclic amines) is 1. The summed E-state index contributed by atoms with van der Waals surface area (Å²) in [4.78, 5) is 19.3. The Labute approximate surface area is 199 Å². The maximum absolute atomic E-state index is 11.8. The Kier molecular flexibility index (Phi) is 13.0. The third kappa shape index (κ3) is 9.20. The van der Waals surface area contributed by atoms with Gasteiger partial charge in [-0.1, -0.05) is 26.0 Å². The number of nitrogens with one attached hydrogen (secondary N) is 3. The van der Waals surface area contributed by atoms with Crippen LogP contribution in [0.5, 0.6) is 0 Å². The zero-order valence-corrected chi connectivity index (χ0v) is 21.4. The minimum atomic E-state index is -0.0483. The van der Waals surface area contributed by atoms with Gasteiger partial charge in [0, 0.05) is 31.7 Å². The molecule has 0 aromatic heterocycles. The first-order valence-electron chi connectivity index (χ1n) is 11.1. The van der Waals surface area contributed by atoms with Crippen molar-refractivity contribution in [1.82, 2.24) is 20.9 Å². The first kappa shape index (κ1) is 26.7. The number of amides is 1. The van der Waals surface area contributed by atoms with E-state index >= 15 is 0 Å². The van der Waals surface area contributed by atoms with Gasteiger partial charge in [-0.3, -0.25) is 14.7 Å². The quantitative estimate of drug-likeness (QED) is 0.247. The lowest BCUT2D eigenvalue weighted by atomic mass is 10.0. The molecule has 1 aromatic carbocycles. The molecule has 7 heteroatoms. The van der Waals surface area contributed by atoms with Crippen LogP contribution in [0.15, 0.2) is 29.3 Å². The van der Waals surface area contributed by atoms with Crippen molar-refractivity contribution >= 4 is 35.8 Å². The molecule has 1 saturated heterocycles. The number of carbonyl (C=O) groups excluding carboxylic acids is 1. The van der Waals surface area contributed by atoms with Crippen molar-refractivity contribution in [2.45, 2.75) is 52.5 Å². The number of halogens is 1. The Morgan fingerprint density at radius 1 is 1.20 bits per heavy atom. The number of hydrogen-bond acceptors (Lipinski definition) is 3. The van der Waals surface area contributed by atoms with Gasteiger partial charge < -0.3 is 16.0 Å². The Bertz CT molecular complexity index is 659. The van der Waals surface area contributed by atoms with E-state index in [9.17, 15) is 4.79 Å². The van der Waals surface area contributed by atoms with Crippen LogP contribution in [0, 0.1) is 5.92 Å². The van der Waals surface area contributed by atoms with E-state index in [0.29, 0.717) is 17.5 Å².